The van der Waals surface area contributed by atoms with Gasteiger partial charge in [-0.05, 0) is 73.6 Å². The summed E-state index contributed by atoms with van der Waals surface area (Å²) in [6.07, 6.45) is 9.14. The number of sulfone groups is 1. The van der Waals surface area contributed by atoms with E-state index in [0.29, 0.717) is 45.8 Å². The van der Waals surface area contributed by atoms with Crippen LogP contribution in [0, 0.1) is 12.8 Å². The lowest BCUT2D eigenvalue weighted by Crippen LogP contribution is -2.17. The van der Waals surface area contributed by atoms with Crippen molar-refractivity contribution in [3.8, 4) is 21.9 Å². The van der Waals surface area contributed by atoms with Gasteiger partial charge in [-0.25, -0.2) is 13.4 Å². The highest BCUT2D eigenvalue weighted by atomic mass is 32.2. The molecule has 0 spiro atoms. The van der Waals surface area contributed by atoms with E-state index in [-0.39, 0.29) is 17.7 Å². The molecule has 3 aliphatic rings. The van der Waals surface area contributed by atoms with Crippen molar-refractivity contribution in [2.45, 2.75) is 69.2 Å². The number of fused-ring (bicyclic) bond motifs is 3. The fourth-order valence-corrected chi connectivity index (χ4v) is 10.4. The summed E-state index contributed by atoms with van der Waals surface area (Å²) in [5.41, 5.74) is 5.01. The first-order valence-corrected chi connectivity index (χ1v) is 18.1. The maximum Gasteiger partial charge on any atom is 0.250 e. The van der Waals surface area contributed by atoms with Crippen LogP contribution in [0.4, 0.5) is 5.82 Å². The Balaban J connectivity index is 1.29. The van der Waals surface area contributed by atoms with Crippen LogP contribution in [0.3, 0.4) is 0 Å². The van der Waals surface area contributed by atoms with E-state index in [1.165, 1.54) is 5.56 Å². The van der Waals surface area contributed by atoms with Gasteiger partial charge in [0.2, 0.25) is 11.8 Å². The summed E-state index contributed by atoms with van der Waals surface area (Å²) in [4.78, 5) is 15.5. The summed E-state index contributed by atoms with van der Waals surface area (Å²) >= 11 is 1.54. The van der Waals surface area contributed by atoms with E-state index in [1.54, 1.807) is 24.5 Å². The highest BCUT2D eigenvalue weighted by molar-refractivity contribution is 7.92. The van der Waals surface area contributed by atoms with Crippen molar-refractivity contribution in [1.82, 2.24) is 25.1 Å². The normalized spacial score (nSPS) is 20.8. The Hall–Kier alpha value is -3.74. The number of aryl methyl sites for hydroxylation is 3. The van der Waals surface area contributed by atoms with Crippen LogP contribution in [0.2, 0.25) is 0 Å². The van der Waals surface area contributed by atoms with Crippen LogP contribution >= 0.6 is 11.3 Å². The van der Waals surface area contributed by atoms with Crippen LogP contribution in [-0.2, 0) is 27.4 Å². The van der Waals surface area contributed by atoms with Gasteiger partial charge in [0.25, 0.3) is 0 Å². The smallest absolute Gasteiger partial charge is 0.250 e. The third kappa shape index (κ3) is 5.12. The molecule has 0 bridgehead atoms. The number of nitrogens with zero attached hydrogens (tertiary/aromatic N) is 5. The molecule has 0 radical (unpaired) electrons. The number of hydrogen-bond acceptors (Lipinski definition) is 11. The quantitative estimate of drug-likeness (QED) is 0.211. The van der Waals surface area contributed by atoms with E-state index in [9.17, 15) is 8.42 Å². The first-order valence-electron chi connectivity index (χ1n) is 15.6. The molecule has 1 aliphatic carbocycles. The molecule has 5 aromatic heterocycles. The minimum absolute atomic E-state index is 0.0302. The summed E-state index contributed by atoms with van der Waals surface area (Å²) in [6, 6.07) is 8.26. The topological polar surface area (TPSA) is 133 Å². The lowest BCUT2D eigenvalue weighted by atomic mass is 9.91. The monoisotopic (exact) mass is 642 g/mol. The molecule has 2 atom stereocenters. The van der Waals surface area contributed by atoms with Crippen LogP contribution in [0.15, 0.2) is 46.0 Å². The Bertz CT molecular complexity index is 2030. The Morgan fingerprint density at radius 2 is 1.93 bits per heavy atom. The van der Waals surface area contributed by atoms with E-state index >= 15 is 0 Å². The van der Waals surface area contributed by atoms with Crippen LogP contribution in [-0.4, -0.2) is 52.5 Å². The molecule has 1 saturated heterocycles. The molecule has 12 heteroatoms. The fourth-order valence-electron chi connectivity index (χ4n) is 7.12. The third-order valence-corrected chi connectivity index (χ3v) is 12.5. The first-order chi connectivity index (χ1) is 21.9. The first kappa shape index (κ1) is 28.7. The van der Waals surface area contributed by atoms with Gasteiger partial charge in [-0.3, -0.25) is 9.97 Å². The molecular weight excluding hydrogens is 609 g/mol. The van der Waals surface area contributed by atoms with Crippen molar-refractivity contribution in [1.29, 1.82) is 0 Å². The number of nitrogens with one attached hydrogen (secondary N) is 1. The lowest BCUT2D eigenvalue weighted by molar-refractivity contribution is 0.0639. The number of aromatic nitrogens is 5. The van der Waals surface area contributed by atoms with E-state index in [0.717, 1.165) is 77.5 Å². The van der Waals surface area contributed by atoms with E-state index < -0.39 is 9.84 Å². The standard InChI is InChI=1S/C33H34N6O4S2/c1-18-17-45(40,41)31-28(27(33-39-38-19(2)43-33)25(36-29(18)31)6-5-20-10-14-42-15-11-20)26-16-21-9-13-35-32(30(21)44-26)37-24-8-7-23-22(24)4-3-12-34-23/h3-4,9,12-13,16,18,20,24H,5-8,10-11,14-15,17H2,1-2H3,(H,35,37)/t18?,24-/m1/s1. The zero-order chi connectivity index (χ0) is 30.7. The van der Waals surface area contributed by atoms with E-state index in [4.69, 9.17) is 19.1 Å². The average Bonchev–Trinajstić information content (AvgIpc) is 3.81. The molecule has 232 valence electrons. The van der Waals surface area contributed by atoms with Gasteiger partial charge in [0.05, 0.1) is 38.3 Å². The maximum atomic E-state index is 13.8. The van der Waals surface area contributed by atoms with E-state index in [2.05, 4.69) is 32.6 Å². The summed E-state index contributed by atoms with van der Waals surface area (Å²) < 4.78 is 40.3. The highest BCUT2D eigenvalue weighted by Crippen LogP contribution is 2.50. The van der Waals surface area contributed by atoms with Crippen molar-refractivity contribution >= 4 is 37.1 Å². The molecule has 0 amide bonds. The third-order valence-electron chi connectivity index (χ3n) is 9.33. The summed E-state index contributed by atoms with van der Waals surface area (Å²) in [6.45, 7) is 5.24. The van der Waals surface area contributed by atoms with Crippen molar-refractivity contribution in [2.75, 3.05) is 24.3 Å². The summed E-state index contributed by atoms with van der Waals surface area (Å²) in [5.74, 6) is 1.84. The van der Waals surface area contributed by atoms with E-state index in [1.807, 2.05) is 25.3 Å². The van der Waals surface area contributed by atoms with Gasteiger partial charge in [0.1, 0.15) is 5.82 Å². The van der Waals surface area contributed by atoms with Gasteiger partial charge in [-0.15, -0.1) is 21.5 Å². The molecule has 7 heterocycles. The average molecular weight is 643 g/mol. The zero-order valence-corrected chi connectivity index (χ0v) is 26.9. The second kappa shape index (κ2) is 11.3. The maximum absolute atomic E-state index is 13.8. The number of ether oxygens (including phenoxy) is 1. The van der Waals surface area contributed by atoms with Crippen LogP contribution in [0.5, 0.6) is 0 Å². The molecular formula is C33H34N6O4S2. The molecule has 45 heavy (non-hydrogen) atoms. The second-order valence-electron chi connectivity index (χ2n) is 12.4. The van der Waals surface area contributed by atoms with Gasteiger partial charge in [0.15, 0.2) is 9.84 Å². The predicted octanol–water partition coefficient (Wildman–Crippen LogP) is 6.46. The Kier molecular flexibility index (Phi) is 7.18. The van der Waals surface area contributed by atoms with Gasteiger partial charge < -0.3 is 14.5 Å². The van der Waals surface area contributed by atoms with Crippen LogP contribution < -0.4 is 5.32 Å². The molecule has 1 fully saturated rings. The minimum Gasteiger partial charge on any atom is -0.421 e. The largest absolute Gasteiger partial charge is 0.421 e. The lowest BCUT2D eigenvalue weighted by Gasteiger charge is -2.22. The molecule has 1 unspecified atom stereocenters. The fraction of sp³-hybridized carbons (Fsp3) is 0.424. The molecule has 10 nitrogen and oxygen atoms in total. The van der Waals surface area contributed by atoms with Crippen molar-refractivity contribution in [3.05, 3.63) is 65.2 Å². The number of thiophene rings is 1. The molecule has 2 aliphatic heterocycles. The number of pyridine rings is 3. The molecule has 8 rings (SSSR count). The SMILES string of the molecule is Cc1nnc(-c2c(CCC3CCOCC3)nc3c(c2-c2cc4ccnc(N[C@@H]5CCc6ncccc65)c4s2)S(=O)(=O)CC3C)o1. The Morgan fingerprint density at radius 1 is 1.07 bits per heavy atom. The summed E-state index contributed by atoms with van der Waals surface area (Å²) in [5, 5.41) is 13.2. The number of rotatable bonds is 7. The minimum atomic E-state index is -3.61. The second-order valence-corrected chi connectivity index (χ2v) is 15.4. The van der Waals surface area contributed by atoms with Crippen molar-refractivity contribution in [3.63, 3.8) is 0 Å². The Morgan fingerprint density at radius 3 is 2.76 bits per heavy atom. The number of hydrogen-bond donors (Lipinski definition) is 1. The summed E-state index contributed by atoms with van der Waals surface area (Å²) in [7, 11) is -3.61. The van der Waals surface area contributed by atoms with Crippen LogP contribution in [0.1, 0.15) is 73.1 Å². The number of anilines is 1. The van der Waals surface area contributed by atoms with Crippen LogP contribution in [0.25, 0.3) is 32.0 Å². The predicted molar refractivity (Wildman–Crippen MR) is 172 cm³/mol. The molecule has 0 aromatic carbocycles. The Labute approximate surface area is 265 Å². The van der Waals surface area contributed by atoms with Gasteiger partial charge in [-0.1, -0.05) is 13.0 Å². The van der Waals surface area contributed by atoms with Crippen molar-refractivity contribution in [2.24, 2.45) is 5.92 Å². The van der Waals surface area contributed by atoms with Gasteiger partial charge in [-0.2, -0.15) is 0 Å². The highest BCUT2D eigenvalue weighted by Gasteiger charge is 2.40. The van der Waals surface area contributed by atoms with Gasteiger partial charge in [0, 0.05) is 54.6 Å². The van der Waals surface area contributed by atoms with Crippen molar-refractivity contribution < 1.29 is 17.6 Å². The molecule has 0 saturated carbocycles. The zero-order valence-electron chi connectivity index (χ0n) is 25.2. The van der Waals surface area contributed by atoms with Gasteiger partial charge >= 0.3 is 0 Å². The molecule has 5 aromatic rings. The molecule has 1 N–H and O–H groups in total.